The third-order valence-corrected chi connectivity index (χ3v) is 4.21. The van der Waals surface area contributed by atoms with Crippen molar-refractivity contribution in [3.63, 3.8) is 0 Å². The maximum Gasteiger partial charge on any atom is 0.326 e. The number of urea groups is 1. The van der Waals surface area contributed by atoms with Crippen molar-refractivity contribution < 1.29 is 14.7 Å². The van der Waals surface area contributed by atoms with Crippen LogP contribution in [0.5, 0.6) is 0 Å². The fraction of sp³-hybridized carbons (Fsp3) is 0.846. The van der Waals surface area contributed by atoms with Crippen LogP contribution in [0.25, 0.3) is 0 Å². The molecular formula is C13H22N2O3. The molecule has 1 aliphatic carbocycles. The molecule has 2 amide bonds. The lowest BCUT2D eigenvalue weighted by Gasteiger charge is -2.37. The lowest BCUT2D eigenvalue weighted by molar-refractivity contribution is -0.143. The van der Waals surface area contributed by atoms with Crippen LogP contribution in [0.2, 0.25) is 0 Å². The number of piperidine rings is 1. The summed E-state index contributed by atoms with van der Waals surface area (Å²) in [5.41, 5.74) is 0. The van der Waals surface area contributed by atoms with Gasteiger partial charge in [-0.05, 0) is 32.1 Å². The predicted molar refractivity (Wildman–Crippen MR) is 67.4 cm³/mol. The van der Waals surface area contributed by atoms with E-state index in [2.05, 4.69) is 0 Å². The van der Waals surface area contributed by atoms with Crippen LogP contribution in [0.1, 0.15) is 44.9 Å². The molecular weight excluding hydrogens is 232 g/mol. The molecule has 0 spiro atoms. The van der Waals surface area contributed by atoms with E-state index >= 15 is 0 Å². The molecule has 1 atom stereocenters. The average Bonchev–Trinajstić information content (AvgIpc) is 2.90. The molecule has 102 valence electrons. The molecule has 1 N–H and O–H groups in total. The molecule has 0 radical (unpaired) electrons. The van der Waals surface area contributed by atoms with E-state index in [1.54, 1.807) is 9.80 Å². The fourth-order valence-electron chi connectivity index (χ4n) is 3.07. The van der Waals surface area contributed by atoms with Gasteiger partial charge in [0.2, 0.25) is 0 Å². The Labute approximate surface area is 108 Å². The van der Waals surface area contributed by atoms with E-state index in [0.29, 0.717) is 19.0 Å². The smallest absolute Gasteiger partial charge is 0.326 e. The third-order valence-electron chi connectivity index (χ3n) is 4.21. The van der Waals surface area contributed by atoms with Crippen molar-refractivity contribution in [1.29, 1.82) is 0 Å². The van der Waals surface area contributed by atoms with Crippen molar-refractivity contribution in [3.05, 3.63) is 0 Å². The normalized spacial score (nSPS) is 25.2. The van der Waals surface area contributed by atoms with Gasteiger partial charge in [0.25, 0.3) is 0 Å². The molecule has 0 bridgehead atoms. The molecule has 5 heteroatoms. The molecule has 0 aromatic rings. The van der Waals surface area contributed by atoms with Crippen LogP contribution in [0, 0.1) is 0 Å². The molecule has 0 aromatic heterocycles. The molecule has 1 unspecified atom stereocenters. The number of rotatable bonds is 2. The summed E-state index contributed by atoms with van der Waals surface area (Å²) in [7, 11) is 1.81. The molecule has 1 saturated heterocycles. The minimum Gasteiger partial charge on any atom is -0.480 e. The predicted octanol–water partition coefficient (Wildman–Crippen LogP) is 1.92. The van der Waals surface area contributed by atoms with Gasteiger partial charge in [0, 0.05) is 19.6 Å². The van der Waals surface area contributed by atoms with Crippen LogP contribution in [-0.4, -0.2) is 52.6 Å². The molecule has 0 aromatic carbocycles. The third kappa shape index (κ3) is 2.60. The average molecular weight is 254 g/mol. The fourth-order valence-corrected chi connectivity index (χ4v) is 3.07. The van der Waals surface area contributed by atoms with Gasteiger partial charge in [0.1, 0.15) is 6.04 Å². The highest BCUT2D eigenvalue weighted by Gasteiger charge is 2.35. The number of carboxylic acid groups (broad SMARTS) is 1. The number of carboxylic acids is 1. The zero-order valence-corrected chi connectivity index (χ0v) is 11.0. The molecule has 2 rings (SSSR count). The van der Waals surface area contributed by atoms with E-state index in [9.17, 15) is 14.7 Å². The minimum absolute atomic E-state index is 0.103. The highest BCUT2D eigenvalue weighted by molar-refractivity contribution is 5.83. The van der Waals surface area contributed by atoms with Crippen molar-refractivity contribution in [1.82, 2.24) is 9.80 Å². The lowest BCUT2D eigenvalue weighted by Crippen LogP contribution is -2.53. The first-order chi connectivity index (χ1) is 8.61. The lowest BCUT2D eigenvalue weighted by atomic mass is 10.0. The van der Waals surface area contributed by atoms with Crippen LogP contribution < -0.4 is 0 Å². The Hall–Kier alpha value is -1.26. The summed E-state index contributed by atoms with van der Waals surface area (Å²) >= 11 is 0. The summed E-state index contributed by atoms with van der Waals surface area (Å²) in [4.78, 5) is 26.9. The Morgan fingerprint density at radius 1 is 1.11 bits per heavy atom. The summed E-state index contributed by atoms with van der Waals surface area (Å²) in [5, 5.41) is 9.19. The van der Waals surface area contributed by atoms with Crippen molar-refractivity contribution in [2.45, 2.75) is 57.0 Å². The van der Waals surface area contributed by atoms with Gasteiger partial charge < -0.3 is 14.9 Å². The molecule has 1 saturated carbocycles. The van der Waals surface area contributed by atoms with Gasteiger partial charge in [0.05, 0.1) is 0 Å². The Balaban J connectivity index is 2.03. The number of aliphatic carboxylic acids is 1. The number of nitrogens with zero attached hydrogens (tertiary/aromatic N) is 2. The van der Waals surface area contributed by atoms with Gasteiger partial charge >= 0.3 is 12.0 Å². The van der Waals surface area contributed by atoms with Crippen molar-refractivity contribution in [2.24, 2.45) is 0 Å². The van der Waals surface area contributed by atoms with Crippen molar-refractivity contribution >= 4 is 12.0 Å². The second kappa shape index (κ2) is 5.59. The number of amides is 2. The van der Waals surface area contributed by atoms with Crippen LogP contribution in [-0.2, 0) is 4.79 Å². The van der Waals surface area contributed by atoms with Crippen LogP contribution in [0.3, 0.4) is 0 Å². The van der Waals surface area contributed by atoms with Crippen LogP contribution >= 0.6 is 0 Å². The highest BCUT2D eigenvalue weighted by Crippen LogP contribution is 2.25. The summed E-state index contributed by atoms with van der Waals surface area (Å²) in [5.74, 6) is -0.872. The first kappa shape index (κ1) is 13.2. The Morgan fingerprint density at radius 3 is 2.33 bits per heavy atom. The zero-order valence-electron chi connectivity index (χ0n) is 11.0. The van der Waals surface area contributed by atoms with E-state index in [4.69, 9.17) is 0 Å². The monoisotopic (exact) mass is 254 g/mol. The number of carbonyl (C=O) groups excluding carboxylic acids is 1. The molecule has 5 nitrogen and oxygen atoms in total. The number of likely N-dealkylation sites (tertiary alicyclic amines) is 1. The van der Waals surface area contributed by atoms with E-state index in [1.807, 2.05) is 7.05 Å². The minimum atomic E-state index is -0.872. The van der Waals surface area contributed by atoms with Gasteiger partial charge in [-0.25, -0.2) is 9.59 Å². The first-order valence-corrected chi connectivity index (χ1v) is 6.87. The number of carbonyl (C=O) groups is 2. The van der Waals surface area contributed by atoms with Gasteiger partial charge in [-0.1, -0.05) is 12.8 Å². The molecule has 1 aliphatic heterocycles. The van der Waals surface area contributed by atoms with Gasteiger partial charge in [0.15, 0.2) is 0 Å². The van der Waals surface area contributed by atoms with E-state index in [0.717, 1.165) is 25.7 Å². The maximum absolute atomic E-state index is 12.4. The topological polar surface area (TPSA) is 60.9 Å². The molecule has 2 aliphatic rings. The summed E-state index contributed by atoms with van der Waals surface area (Å²) < 4.78 is 0. The standard InChI is InChI=1S/C13H22N2O3/c1-14(10-6-2-3-7-10)13(18)15-9-5-4-8-11(15)12(16)17/h10-11H,2-9H2,1H3,(H,16,17). The first-order valence-electron chi connectivity index (χ1n) is 6.87. The number of hydrogen-bond acceptors (Lipinski definition) is 2. The van der Waals surface area contributed by atoms with Crippen LogP contribution in [0.15, 0.2) is 0 Å². The Kier molecular flexibility index (Phi) is 4.09. The Morgan fingerprint density at radius 2 is 1.72 bits per heavy atom. The van der Waals surface area contributed by atoms with E-state index in [1.165, 1.54) is 12.8 Å². The molecule has 2 fully saturated rings. The summed E-state index contributed by atoms with van der Waals surface area (Å²) in [6, 6.07) is -0.432. The van der Waals surface area contributed by atoms with Gasteiger partial charge in [-0.2, -0.15) is 0 Å². The molecule has 18 heavy (non-hydrogen) atoms. The second-order valence-corrected chi connectivity index (χ2v) is 5.37. The van der Waals surface area contributed by atoms with Crippen LogP contribution in [0.4, 0.5) is 4.79 Å². The quantitative estimate of drug-likeness (QED) is 0.819. The van der Waals surface area contributed by atoms with Gasteiger partial charge in [-0.15, -0.1) is 0 Å². The van der Waals surface area contributed by atoms with E-state index < -0.39 is 12.0 Å². The largest absolute Gasteiger partial charge is 0.480 e. The maximum atomic E-state index is 12.4. The highest BCUT2D eigenvalue weighted by atomic mass is 16.4. The summed E-state index contributed by atoms with van der Waals surface area (Å²) in [6.45, 7) is 0.576. The van der Waals surface area contributed by atoms with Crippen molar-refractivity contribution in [2.75, 3.05) is 13.6 Å². The zero-order chi connectivity index (χ0) is 13.1. The summed E-state index contributed by atoms with van der Waals surface area (Å²) in [6.07, 6.45) is 6.83. The van der Waals surface area contributed by atoms with Crippen molar-refractivity contribution in [3.8, 4) is 0 Å². The van der Waals surface area contributed by atoms with Gasteiger partial charge in [-0.3, -0.25) is 0 Å². The Bertz CT molecular complexity index is 326. The second-order valence-electron chi connectivity index (χ2n) is 5.37. The molecule has 1 heterocycles. The van der Waals surface area contributed by atoms with E-state index in [-0.39, 0.29) is 6.03 Å². The number of hydrogen-bond donors (Lipinski definition) is 1. The SMILES string of the molecule is CN(C(=O)N1CCCCC1C(=O)O)C1CCCC1.